The Morgan fingerprint density at radius 1 is 1.02 bits per heavy atom. The molecule has 6 N–H and O–H groups in total. The van der Waals surface area contributed by atoms with Crippen molar-refractivity contribution in [3.8, 4) is 28.4 Å². The third-order valence-electron chi connectivity index (χ3n) is 11.2. The van der Waals surface area contributed by atoms with E-state index in [-0.39, 0.29) is 35.6 Å². The molecule has 8 rings (SSSR count). The van der Waals surface area contributed by atoms with Gasteiger partial charge in [-0.15, -0.1) is 14.8 Å². The second-order valence-electron chi connectivity index (χ2n) is 14.5. The topological polar surface area (TPSA) is 223 Å². The van der Waals surface area contributed by atoms with Crippen LogP contribution in [0.2, 0.25) is 0 Å². The molecule has 19 heteroatoms. The van der Waals surface area contributed by atoms with Gasteiger partial charge in [-0.05, 0) is 67.9 Å². The molecule has 5 heterocycles. The fraction of sp³-hybridized carbons (Fsp3) is 0.421. The Kier molecular flexibility index (Phi) is 11.0. The van der Waals surface area contributed by atoms with Crippen LogP contribution in [-0.2, 0) is 23.5 Å². The van der Waals surface area contributed by atoms with E-state index in [1.807, 2.05) is 12.1 Å². The van der Waals surface area contributed by atoms with Crippen molar-refractivity contribution in [2.24, 2.45) is 0 Å². The number of piperazine rings is 1. The zero-order chi connectivity index (χ0) is 39.7. The molecule has 0 spiro atoms. The van der Waals surface area contributed by atoms with Gasteiger partial charge in [0.15, 0.2) is 5.82 Å². The van der Waals surface area contributed by atoms with Gasteiger partial charge in [-0.2, -0.15) is 9.62 Å². The number of amides is 3. The first kappa shape index (κ1) is 38.5. The first-order valence-electron chi connectivity index (χ1n) is 19.0. The van der Waals surface area contributed by atoms with Gasteiger partial charge in [0.25, 0.3) is 0 Å². The molecule has 300 valence electrons. The molecular weight excluding hydrogens is 757 g/mol. The molecule has 0 bridgehead atoms. The van der Waals surface area contributed by atoms with E-state index in [1.165, 1.54) is 7.11 Å². The van der Waals surface area contributed by atoms with E-state index in [4.69, 9.17) is 24.6 Å². The number of nitrogens with one attached hydrogen (secondary N) is 1. The Bertz CT molecular complexity index is 2210. The number of hydrogen-bond donors (Lipinski definition) is 2. The third-order valence-corrected chi connectivity index (χ3v) is 12.2. The lowest BCUT2D eigenvalue weighted by Gasteiger charge is -2.42. The normalized spacial score (nSPS) is 22.7. The lowest BCUT2D eigenvalue weighted by Crippen LogP contribution is -2.54. The van der Waals surface area contributed by atoms with E-state index < -0.39 is 14.6 Å². The Labute approximate surface area is 328 Å². The average Bonchev–Trinajstić information content (AvgIpc) is 3.71. The van der Waals surface area contributed by atoms with Crippen molar-refractivity contribution < 1.29 is 42.4 Å². The van der Waals surface area contributed by atoms with Crippen molar-refractivity contribution in [3.05, 3.63) is 66.5 Å². The van der Waals surface area contributed by atoms with Crippen LogP contribution in [0, 0.1) is 0 Å². The number of aliphatic hydroxyl groups is 1. The highest BCUT2D eigenvalue weighted by Gasteiger charge is 2.38. The predicted molar refractivity (Wildman–Crippen MR) is 209 cm³/mol. The van der Waals surface area contributed by atoms with Gasteiger partial charge in [-0.25, -0.2) is 4.68 Å². The number of benzene rings is 2. The standard InChI is InChI=1S/C38H44N9O9P/c1-53-57(51,52)56-23-55-33-8-3-2-5-28(33)29-19-32(37(39)43-42-29)47-21-26(20-40-47)45-16-15-44(22-35(45)49)25-11-9-24(10-12-25)27-6-4-7-30-36(27)54-18-17-46(30)31-13-14-34(48)41-38(31)50/h2-8,19-21,24-25,31H,9-18,22-23H2,1H3,(H2,39,43)(H,51,52)(H,41,48,50)/p+2/t24?,25?,31-/m0/s1. The lowest BCUT2D eigenvalue weighted by atomic mass is 9.80. The van der Waals surface area contributed by atoms with Crippen molar-refractivity contribution in [1.29, 1.82) is 0 Å². The Morgan fingerprint density at radius 2 is 1.84 bits per heavy atom. The largest absolute Gasteiger partial charge is 0.791 e. The number of para-hydroxylation sites is 2. The zero-order valence-electron chi connectivity index (χ0n) is 31.5. The number of hydrogen-bond acceptors (Lipinski definition) is 13. The summed E-state index contributed by atoms with van der Waals surface area (Å²) in [5.41, 5.74) is 10.4. The molecule has 1 unspecified atom stereocenters. The molecule has 1 aliphatic carbocycles. The summed E-state index contributed by atoms with van der Waals surface area (Å²) in [6.45, 7) is 2.16. The minimum absolute atomic E-state index is 0.00935. The van der Waals surface area contributed by atoms with Gasteiger partial charge in [0.05, 0.1) is 42.6 Å². The van der Waals surface area contributed by atoms with E-state index in [2.05, 4.69) is 41.0 Å². The number of anilines is 3. The Morgan fingerprint density at radius 3 is 2.63 bits per heavy atom. The highest BCUT2D eigenvalue weighted by Crippen LogP contribution is 2.45. The number of imide groups is 1. The van der Waals surface area contributed by atoms with Gasteiger partial charge >= 0.3 is 7.82 Å². The predicted octanol–water partition coefficient (Wildman–Crippen LogP) is 2.63. The zero-order valence-corrected chi connectivity index (χ0v) is 32.3. The number of piperidine rings is 1. The van der Waals surface area contributed by atoms with Crippen molar-refractivity contribution in [3.63, 3.8) is 0 Å². The number of fused-ring (bicyclic) bond motifs is 1. The molecule has 0 radical (unpaired) electrons. The van der Waals surface area contributed by atoms with Crippen molar-refractivity contribution in [2.45, 2.75) is 56.5 Å². The molecule has 2 atom stereocenters. The van der Waals surface area contributed by atoms with Crippen LogP contribution in [0.25, 0.3) is 16.9 Å². The summed E-state index contributed by atoms with van der Waals surface area (Å²) in [6, 6.07) is 14.8. The average molecular weight is 804 g/mol. The van der Waals surface area contributed by atoms with Crippen LogP contribution < -0.4 is 30.3 Å². The fourth-order valence-corrected chi connectivity index (χ4v) is 8.57. The summed E-state index contributed by atoms with van der Waals surface area (Å²) < 4.78 is 33.7. The van der Waals surface area contributed by atoms with Crippen LogP contribution in [0.3, 0.4) is 0 Å². The summed E-state index contributed by atoms with van der Waals surface area (Å²) in [6.07, 6.45) is 8.02. The molecule has 18 nitrogen and oxygen atoms in total. The maximum atomic E-state index is 13.6. The van der Waals surface area contributed by atoms with Crippen LogP contribution in [0.4, 0.5) is 17.2 Å². The van der Waals surface area contributed by atoms with Crippen LogP contribution in [0.15, 0.2) is 60.9 Å². The van der Waals surface area contributed by atoms with E-state index in [9.17, 15) is 18.9 Å². The molecular formula is C38H46N9O9P+2. The molecule has 57 heavy (non-hydrogen) atoms. The van der Waals surface area contributed by atoms with Crippen LogP contribution in [0.5, 0.6) is 11.5 Å². The van der Waals surface area contributed by atoms with Crippen LogP contribution in [-0.4, -0.2) is 111 Å². The van der Waals surface area contributed by atoms with Crippen LogP contribution >= 0.6 is 7.82 Å². The number of carbonyl (C=O) groups excluding carboxylic acids is 3. The van der Waals surface area contributed by atoms with E-state index >= 15 is 0 Å². The van der Waals surface area contributed by atoms with Gasteiger partial charge in [0.2, 0.25) is 24.5 Å². The molecule has 2 aromatic heterocycles. The van der Waals surface area contributed by atoms with Gasteiger partial charge < -0.3 is 34.4 Å². The van der Waals surface area contributed by atoms with Gasteiger partial charge in [0, 0.05) is 31.1 Å². The second-order valence-corrected chi connectivity index (χ2v) is 16.2. The summed E-state index contributed by atoms with van der Waals surface area (Å²) in [5.74, 6) is 1.16. The smallest absolute Gasteiger partial charge is 0.489 e. The van der Waals surface area contributed by atoms with Gasteiger partial charge in [-0.3, -0.25) is 24.6 Å². The quantitative estimate of drug-likeness (QED) is 0.0965. The van der Waals surface area contributed by atoms with Gasteiger partial charge in [0.1, 0.15) is 36.9 Å². The maximum Gasteiger partial charge on any atom is 0.791 e. The molecule has 3 amide bonds. The van der Waals surface area contributed by atoms with E-state index in [1.54, 1.807) is 52.3 Å². The number of rotatable bonds is 11. The number of nitrogens with two attached hydrogens (primary N) is 1. The number of carbonyl (C=O) groups is 3. The molecule has 4 aromatic rings. The van der Waals surface area contributed by atoms with E-state index in [0.29, 0.717) is 73.4 Å². The molecule has 2 aromatic carbocycles. The SMILES string of the molecule is C[OH+]P(=O)([OH2+])OCOc1ccccc1-c1cc(-n2cc(N3CCN(C4CCC(c5cccc6c5OCCN6[C@H]5CCC(=O)NC5=O)CC4)CC3=O)cn2)c(N)nn1. The Hall–Kier alpha value is -5.39. The molecule has 1 saturated carbocycles. The number of nitrogen functional groups attached to an aromatic ring is 1. The summed E-state index contributed by atoms with van der Waals surface area (Å²) in [4.78, 5) is 51.8. The minimum atomic E-state index is -3.86. The number of ether oxygens (including phenoxy) is 2. The first-order chi connectivity index (χ1) is 27.6. The molecule has 4 aliphatic rings. The highest BCUT2D eigenvalue weighted by molar-refractivity contribution is 7.46. The van der Waals surface area contributed by atoms with Crippen molar-refractivity contribution in [1.82, 2.24) is 30.2 Å². The molecule has 3 fully saturated rings. The second kappa shape index (κ2) is 16.2. The number of nitrogens with zero attached hydrogens (tertiary/aromatic N) is 7. The number of aromatic nitrogens is 4. The minimum Gasteiger partial charge on any atom is -0.489 e. The third kappa shape index (κ3) is 8.09. The van der Waals surface area contributed by atoms with Crippen molar-refractivity contribution in [2.75, 3.05) is 62.2 Å². The first-order valence-corrected chi connectivity index (χ1v) is 20.6. The maximum absolute atomic E-state index is 13.6. The Balaban J connectivity index is 0.892. The van der Waals surface area contributed by atoms with Crippen molar-refractivity contribution >= 4 is 42.7 Å². The molecule has 3 aliphatic heterocycles. The summed E-state index contributed by atoms with van der Waals surface area (Å²) >= 11 is 0. The fourth-order valence-electron chi connectivity index (χ4n) is 8.26. The monoisotopic (exact) mass is 803 g/mol. The van der Waals surface area contributed by atoms with E-state index in [0.717, 1.165) is 49.2 Å². The molecule has 2 saturated heterocycles. The highest BCUT2D eigenvalue weighted by atomic mass is 31.2. The summed E-state index contributed by atoms with van der Waals surface area (Å²) in [7, 11) is -2.61. The lowest BCUT2D eigenvalue weighted by molar-refractivity contribution is -0.134. The van der Waals surface area contributed by atoms with Crippen LogP contribution in [0.1, 0.15) is 50.0 Å². The summed E-state index contributed by atoms with van der Waals surface area (Å²) in [5, 5.41) is 15.4. The van der Waals surface area contributed by atoms with Gasteiger partial charge in [-0.1, -0.05) is 24.3 Å².